The molecule has 0 bridgehead atoms. The Kier molecular flexibility index (Phi) is 9.05. The van der Waals surface area contributed by atoms with E-state index in [9.17, 15) is 13.2 Å². The number of anilines is 1. The number of hydrogen-bond acceptors (Lipinski definition) is 5. The van der Waals surface area contributed by atoms with E-state index >= 15 is 0 Å². The van der Waals surface area contributed by atoms with Crippen LogP contribution in [0, 0.1) is 0 Å². The molecule has 0 heterocycles. The second-order valence-electron chi connectivity index (χ2n) is 7.03. The molecule has 0 spiro atoms. The molecule has 0 unspecified atom stereocenters. The number of methoxy groups -OCH3 is 1. The summed E-state index contributed by atoms with van der Waals surface area (Å²) in [5, 5.41) is 3.50. The fraction of sp³-hybridized carbons (Fsp3) is 0.208. The Bertz CT molecular complexity index is 1170. The van der Waals surface area contributed by atoms with Crippen LogP contribution in [-0.4, -0.2) is 40.3 Å². The molecule has 0 atom stereocenters. The minimum Gasteiger partial charge on any atom is -0.495 e. The van der Waals surface area contributed by atoms with Crippen molar-refractivity contribution in [3.63, 3.8) is 0 Å². The first-order chi connectivity index (χ1) is 15.9. The van der Waals surface area contributed by atoms with Crippen LogP contribution in [0.3, 0.4) is 0 Å². The van der Waals surface area contributed by atoms with E-state index in [1.54, 1.807) is 54.2 Å². The Morgan fingerprint density at radius 1 is 1.03 bits per heavy atom. The van der Waals surface area contributed by atoms with Crippen LogP contribution in [0.5, 0.6) is 5.75 Å². The van der Waals surface area contributed by atoms with Gasteiger partial charge in [0.15, 0.2) is 0 Å². The number of thioether (sulfide) groups is 1. The van der Waals surface area contributed by atoms with Crippen LogP contribution in [0.15, 0.2) is 83.8 Å². The first kappa shape index (κ1) is 25.0. The van der Waals surface area contributed by atoms with Gasteiger partial charge in [0.2, 0.25) is 5.91 Å². The van der Waals surface area contributed by atoms with Gasteiger partial charge < -0.3 is 10.1 Å². The van der Waals surface area contributed by atoms with Crippen LogP contribution >= 0.6 is 23.4 Å². The molecule has 3 aromatic rings. The monoisotopic (exact) mass is 504 g/mol. The standard InChI is InChI=1S/C24H25ClN2O4S2/c1-31-23-13-6-5-12-22(23)27(33(29,30)21-10-3-2-4-11-21)17-24(28)26-14-15-32-18-19-8-7-9-20(25)16-19/h2-13,16H,14-15,17-18H2,1H3,(H,26,28). The summed E-state index contributed by atoms with van der Waals surface area (Å²) in [5.41, 5.74) is 1.41. The van der Waals surface area contributed by atoms with Gasteiger partial charge in [0.05, 0.1) is 17.7 Å². The van der Waals surface area contributed by atoms with Gasteiger partial charge in [-0.25, -0.2) is 8.42 Å². The number of nitrogens with one attached hydrogen (secondary N) is 1. The number of rotatable bonds is 11. The SMILES string of the molecule is COc1ccccc1N(CC(=O)NCCSCc1cccc(Cl)c1)S(=O)(=O)c1ccccc1. The summed E-state index contributed by atoms with van der Waals surface area (Å²) in [6.07, 6.45) is 0. The maximum atomic E-state index is 13.4. The van der Waals surface area contributed by atoms with E-state index in [1.165, 1.54) is 19.2 Å². The van der Waals surface area contributed by atoms with Gasteiger partial charge in [-0.15, -0.1) is 0 Å². The Hall–Kier alpha value is -2.68. The van der Waals surface area contributed by atoms with Crippen molar-refractivity contribution in [2.45, 2.75) is 10.6 Å². The third-order valence-electron chi connectivity index (χ3n) is 4.70. The van der Waals surface area contributed by atoms with E-state index in [1.807, 2.05) is 24.3 Å². The van der Waals surface area contributed by atoms with E-state index in [2.05, 4.69) is 5.32 Å². The molecular weight excluding hydrogens is 480 g/mol. The van der Waals surface area contributed by atoms with Crippen LogP contribution in [0.25, 0.3) is 0 Å². The second-order valence-corrected chi connectivity index (χ2v) is 10.4. The molecule has 0 aromatic heterocycles. The lowest BCUT2D eigenvalue weighted by Gasteiger charge is -2.25. The summed E-state index contributed by atoms with van der Waals surface area (Å²) in [5.74, 6) is 1.41. The average molecular weight is 505 g/mol. The summed E-state index contributed by atoms with van der Waals surface area (Å²) in [6.45, 7) is 0.0474. The minimum absolute atomic E-state index is 0.0979. The number of para-hydroxylation sites is 2. The normalized spacial score (nSPS) is 11.1. The molecule has 3 rings (SSSR count). The lowest BCUT2D eigenvalue weighted by atomic mass is 10.2. The Morgan fingerprint density at radius 3 is 2.48 bits per heavy atom. The number of carbonyl (C=O) groups is 1. The quantitative estimate of drug-likeness (QED) is 0.386. The number of amides is 1. The topological polar surface area (TPSA) is 75.7 Å². The molecule has 0 fully saturated rings. The van der Waals surface area contributed by atoms with Crippen molar-refractivity contribution in [3.05, 3.63) is 89.4 Å². The fourth-order valence-corrected chi connectivity index (χ4v) is 5.59. The molecule has 0 saturated carbocycles. The van der Waals surface area contributed by atoms with Crippen molar-refractivity contribution in [3.8, 4) is 5.75 Å². The van der Waals surface area contributed by atoms with Gasteiger partial charge in [0, 0.05) is 23.1 Å². The van der Waals surface area contributed by atoms with Gasteiger partial charge in [0.25, 0.3) is 10.0 Å². The smallest absolute Gasteiger partial charge is 0.264 e. The van der Waals surface area contributed by atoms with Crippen molar-refractivity contribution in [2.24, 2.45) is 0 Å². The van der Waals surface area contributed by atoms with Gasteiger partial charge in [-0.1, -0.05) is 54.1 Å². The molecule has 33 heavy (non-hydrogen) atoms. The number of halogens is 1. The van der Waals surface area contributed by atoms with Gasteiger partial charge >= 0.3 is 0 Å². The second kappa shape index (κ2) is 12.0. The highest BCUT2D eigenvalue weighted by atomic mass is 35.5. The lowest BCUT2D eigenvalue weighted by molar-refractivity contribution is -0.119. The summed E-state index contributed by atoms with van der Waals surface area (Å²) >= 11 is 7.65. The predicted molar refractivity (Wildman–Crippen MR) is 135 cm³/mol. The highest BCUT2D eigenvalue weighted by molar-refractivity contribution is 7.98. The average Bonchev–Trinajstić information content (AvgIpc) is 2.83. The molecule has 1 amide bonds. The summed E-state index contributed by atoms with van der Waals surface area (Å²) in [7, 11) is -2.52. The van der Waals surface area contributed by atoms with Crippen molar-refractivity contribution in [1.29, 1.82) is 0 Å². The van der Waals surface area contributed by atoms with Gasteiger partial charge in [0.1, 0.15) is 12.3 Å². The number of ether oxygens (including phenoxy) is 1. The van der Waals surface area contributed by atoms with Crippen molar-refractivity contribution >= 4 is 45.0 Å². The van der Waals surface area contributed by atoms with Gasteiger partial charge in [-0.3, -0.25) is 9.10 Å². The molecule has 0 radical (unpaired) electrons. The molecule has 6 nitrogen and oxygen atoms in total. The fourth-order valence-electron chi connectivity index (χ4n) is 3.12. The number of sulfonamides is 1. The van der Waals surface area contributed by atoms with Gasteiger partial charge in [-0.05, 0) is 42.0 Å². The Balaban J connectivity index is 1.66. The van der Waals surface area contributed by atoms with Crippen LogP contribution in [0.4, 0.5) is 5.69 Å². The minimum atomic E-state index is -3.98. The zero-order valence-corrected chi connectivity index (χ0v) is 20.5. The maximum Gasteiger partial charge on any atom is 0.264 e. The molecule has 0 aliphatic carbocycles. The van der Waals surface area contributed by atoms with E-state index in [0.717, 1.165) is 15.6 Å². The number of hydrogen-bond donors (Lipinski definition) is 1. The molecule has 174 valence electrons. The van der Waals surface area contributed by atoms with Gasteiger partial charge in [-0.2, -0.15) is 11.8 Å². The highest BCUT2D eigenvalue weighted by Gasteiger charge is 2.29. The number of nitrogens with zero attached hydrogens (tertiary/aromatic N) is 1. The van der Waals surface area contributed by atoms with Crippen molar-refractivity contribution < 1.29 is 17.9 Å². The molecule has 0 aliphatic heterocycles. The molecule has 0 aliphatic rings. The van der Waals surface area contributed by atoms with Crippen LogP contribution < -0.4 is 14.4 Å². The summed E-state index contributed by atoms with van der Waals surface area (Å²) in [6, 6.07) is 22.4. The lowest BCUT2D eigenvalue weighted by Crippen LogP contribution is -2.41. The molecule has 1 N–H and O–H groups in total. The first-order valence-corrected chi connectivity index (χ1v) is 13.2. The van der Waals surface area contributed by atoms with Crippen LogP contribution in [0.1, 0.15) is 5.56 Å². The van der Waals surface area contributed by atoms with Crippen LogP contribution in [-0.2, 0) is 20.6 Å². The maximum absolute atomic E-state index is 13.4. The Morgan fingerprint density at radius 2 is 1.76 bits per heavy atom. The summed E-state index contributed by atoms with van der Waals surface area (Å²) < 4.78 is 33.2. The van der Waals surface area contributed by atoms with Crippen molar-refractivity contribution in [1.82, 2.24) is 5.32 Å². The zero-order valence-electron chi connectivity index (χ0n) is 18.1. The highest BCUT2D eigenvalue weighted by Crippen LogP contribution is 2.32. The third kappa shape index (κ3) is 6.90. The number of benzene rings is 3. The summed E-state index contributed by atoms with van der Waals surface area (Å²) in [4.78, 5) is 12.8. The van der Waals surface area contributed by atoms with Crippen molar-refractivity contribution in [2.75, 3.05) is 30.3 Å². The van der Waals surface area contributed by atoms with E-state index in [0.29, 0.717) is 28.8 Å². The molecule has 9 heteroatoms. The molecular formula is C24H25ClN2O4S2. The van der Waals surface area contributed by atoms with E-state index < -0.39 is 15.9 Å². The van der Waals surface area contributed by atoms with Crippen LogP contribution in [0.2, 0.25) is 5.02 Å². The third-order valence-corrected chi connectivity index (χ3v) is 7.74. The largest absolute Gasteiger partial charge is 0.495 e. The van der Waals surface area contributed by atoms with E-state index in [4.69, 9.17) is 16.3 Å². The zero-order chi connectivity index (χ0) is 23.7. The van der Waals surface area contributed by atoms with E-state index in [-0.39, 0.29) is 11.4 Å². The Labute approximate surface area is 204 Å². The first-order valence-electron chi connectivity index (χ1n) is 10.2. The molecule has 0 saturated heterocycles. The molecule has 3 aromatic carbocycles. The predicted octanol–water partition coefficient (Wildman–Crippen LogP) is 4.59. The number of carbonyl (C=O) groups excluding carboxylic acids is 1.